The van der Waals surface area contributed by atoms with Gasteiger partial charge in [-0.3, -0.25) is 0 Å². The third kappa shape index (κ3) is 3.84. The molecule has 1 fully saturated rings. The molecule has 1 aliphatic heterocycles. The zero-order valence-corrected chi connectivity index (χ0v) is 14.4. The van der Waals surface area contributed by atoms with Crippen molar-refractivity contribution in [1.29, 1.82) is 0 Å². The number of aromatic amines is 2. The van der Waals surface area contributed by atoms with E-state index in [1.54, 1.807) is 6.92 Å². The van der Waals surface area contributed by atoms with Gasteiger partial charge in [-0.1, -0.05) is 0 Å². The van der Waals surface area contributed by atoms with Gasteiger partial charge in [0.15, 0.2) is 0 Å². The number of piperidine rings is 1. The Balaban J connectivity index is 1.75. The van der Waals surface area contributed by atoms with Crippen LogP contribution < -0.4 is 10.2 Å². The number of likely N-dealkylation sites (tertiary alicyclic amines) is 1. The van der Waals surface area contributed by atoms with Crippen LogP contribution in [0, 0.1) is 0 Å². The average molecular weight is 348 g/mol. The van der Waals surface area contributed by atoms with Gasteiger partial charge in [-0.05, 0) is 0 Å². The molecule has 0 spiro atoms. The van der Waals surface area contributed by atoms with E-state index in [1.165, 1.54) is 23.4 Å². The molecule has 3 rings (SSSR count). The van der Waals surface area contributed by atoms with Crippen LogP contribution in [0.1, 0.15) is 31.3 Å². The predicted molar refractivity (Wildman–Crippen MR) is 93.8 cm³/mol. The number of aromatic nitrogens is 2. The number of hydrogen-bond donors (Lipinski definition) is 3. The number of carbonyl (C=O) groups excluding carboxylic acids is 1. The molecule has 3 heterocycles. The maximum atomic E-state index is 11.6. The molecule has 120 valence electrons. The molecule has 0 saturated carbocycles. The summed E-state index contributed by atoms with van der Waals surface area (Å²) in [6, 6.07) is 1.43. The Labute approximate surface area is 143 Å². The van der Waals surface area contributed by atoms with Gasteiger partial charge in [-0.15, -0.1) is 0 Å². The molecule has 2 aromatic heterocycles. The number of nitrogens with zero attached hydrogens (tertiary/aromatic N) is 2. The van der Waals surface area contributed by atoms with Gasteiger partial charge in [0.25, 0.3) is 0 Å². The molecule has 1 amide bonds. The van der Waals surface area contributed by atoms with Crippen LogP contribution in [-0.2, 0) is 4.79 Å². The van der Waals surface area contributed by atoms with E-state index in [1.807, 2.05) is 4.90 Å². The molecule has 0 unspecified atom stereocenters. The second-order valence-electron chi connectivity index (χ2n) is 5.58. The Morgan fingerprint density at radius 1 is 1.48 bits per heavy atom. The third-order valence-corrected chi connectivity index (χ3v) is 5.17. The van der Waals surface area contributed by atoms with E-state index in [2.05, 4.69) is 33.8 Å². The predicted octanol–water partition coefficient (Wildman–Crippen LogP) is 1.35. The van der Waals surface area contributed by atoms with Crippen molar-refractivity contribution in [1.82, 2.24) is 14.9 Å². The number of amides is 1. The van der Waals surface area contributed by atoms with E-state index < -0.39 is 0 Å². The quantitative estimate of drug-likeness (QED) is 0.716. The molecule has 0 aliphatic carbocycles. The van der Waals surface area contributed by atoms with Crippen LogP contribution in [0.25, 0.3) is 0 Å². The first kappa shape index (κ1) is 16.3. The van der Waals surface area contributed by atoms with Crippen molar-refractivity contribution in [3.05, 3.63) is 32.9 Å². The first-order valence-electron chi connectivity index (χ1n) is 7.42. The van der Waals surface area contributed by atoms with E-state index in [0.29, 0.717) is 16.6 Å². The number of hydrogen-bond acceptors (Lipinski definition) is 5. The van der Waals surface area contributed by atoms with Crippen molar-refractivity contribution in [3.63, 3.8) is 0 Å². The summed E-state index contributed by atoms with van der Waals surface area (Å²) in [4.78, 5) is 36.6. The minimum atomic E-state index is -0.154. The normalized spacial score (nSPS) is 16.6. The molecular weight excluding hydrogens is 331 g/mol. The number of H-pyrrole nitrogens is 2. The van der Waals surface area contributed by atoms with Gasteiger partial charge < -0.3 is 0 Å². The molecule has 1 aliphatic rings. The van der Waals surface area contributed by atoms with Crippen molar-refractivity contribution in [3.8, 4) is 0 Å². The topological polar surface area (TPSA) is 81.3 Å². The third-order valence-electron chi connectivity index (χ3n) is 4.03. The summed E-state index contributed by atoms with van der Waals surface area (Å²) in [6.45, 7) is 3.21. The van der Waals surface area contributed by atoms with Crippen LogP contribution in [0.5, 0.6) is 0 Å². The van der Waals surface area contributed by atoms with Crippen molar-refractivity contribution >= 4 is 41.7 Å². The Bertz CT molecular complexity index is 834. The van der Waals surface area contributed by atoms with E-state index in [-0.39, 0.29) is 11.3 Å². The number of nitrogens with one attached hydrogen (secondary N) is 2. The van der Waals surface area contributed by atoms with Crippen LogP contribution >= 0.6 is 23.8 Å². The molecular formula is C14H17BN4O2S2. The molecule has 0 aromatic carbocycles. The number of thiol groups is 1. The van der Waals surface area contributed by atoms with Gasteiger partial charge in [0.2, 0.25) is 0 Å². The molecule has 9 heteroatoms. The first-order chi connectivity index (χ1) is 11.0. The van der Waals surface area contributed by atoms with Crippen LogP contribution in [0.3, 0.4) is 0 Å². The molecule has 0 atom stereocenters. The van der Waals surface area contributed by atoms with E-state index in [0.717, 1.165) is 36.3 Å². The fourth-order valence-corrected chi connectivity index (χ4v) is 3.63. The second kappa shape index (κ2) is 6.88. The van der Waals surface area contributed by atoms with Crippen molar-refractivity contribution in [2.75, 3.05) is 13.1 Å². The van der Waals surface area contributed by atoms with Crippen molar-refractivity contribution in [2.45, 2.75) is 30.6 Å². The SMILES string of the molecule is CC(=O)N1CCC(c2bs/c(=N\c3cc(=O)c(S)c[nH]3)[nH]2)CC1. The summed E-state index contributed by atoms with van der Waals surface area (Å²) in [5.41, 5.74) is 0.990. The van der Waals surface area contributed by atoms with Gasteiger partial charge >= 0.3 is 143 Å². The summed E-state index contributed by atoms with van der Waals surface area (Å²) in [7, 11) is 0. The standard InChI is InChI=1S/C14H17BN4O2S2/c1-8(20)19-4-2-9(3-5-19)13-15-23-14(18-13)17-12-6-10(21)11(22)7-16-12/h6-7,9,22H,2-5H2,1H3,(H2,16,17,18,21). The second-order valence-corrected chi connectivity index (χ2v) is 6.92. The molecule has 0 bridgehead atoms. The van der Waals surface area contributed by atoms with E-state index in [4.69, 9.17) is 0 Å². The number of rotatable bonds is 2. The zero-order valence-electron chi connectivity index (χ0n) is 12.7. The van der Waals surface area contributed by atoms with Crippen molar-refractivity contribution < 1.29 is 4.79 Å². The molecule has 2 N–H and O–H groups in total. The zero-order chi connectivity index (χ0) is 16.4. The van der Waals surface area contributed by atoms with Gasteiger partial charge in [0, 0.05) is 0 Å². The van der Waals surface area contributed by atoms with Crippen LogP contribution in [-0.4, -0.2) is 40.0 Å². The monoisotopic (exact) mass is 348 g/mol. The van der Waals surface area contributed by atoms with Crippen LogP contribution in [0.4, 0.5) is 5.82 Å². The molecule has 0 radical (unpaired) electrons. The van der Waals surface area contributed by atoms with Gasteiger partial charge in [-0.2, -0.15) is 0 Å². The fraction of sp³-hybridized carbons (Fsp3) is 0.429. The number of pyridine rings is 1. The van der Waals surface area contributed by atoms with E-state index in [9.17, 15) is 9.59 Å². The summed E-state index contributed by atoms with van der Waals surface area (Å²) in [6.07, 6.45) is 5.52. The molecule has 6 nitrogen and oxygen atoms in total. The fourth-order valence-electron chi connectivity index (χ4n) is 2.69. The number of carbonyl (C=O) groups is 1. The Hall–Kier alpha value is -1.61. The molecule has 23 heavy (non-hydrogen) atoms. The van der Waals surface area contributed by atoms with E-state index >= 15 is 0 Å². The summed E-state index contributed by atoms with van der Waals surface area (Å²) >= 11 is 5.56. The Morgan fingerprint density at radius 2 is 2.22 bits per heavy atom. The summed E-state index contributed by atoms with van der Waals surface area (Å²) < 4.78 is 0. The Kier molecular flexibility index (Phi) is 4.86. The van der Waals surface area contributed by atoms with Crippen LogP contribution in [0.2, 0.25) is 0 Å². The maximum absolute atomic E-state index is 11.6. The minimum absolute atomic E-state index is 0.144. The summed E-state index contributed by atoms with van der Waals surface area (Å²) in [5.74, 6) is 1.07. The first-order valence-corrected chi connectivity index (χ1v) is 8.75. The molecule has 2 aromatic rings. The Morgan fingerprint density at radius 3 is 2.87 bits per heavy atom. The van der Waals surface area contributed by atoms with Crippen LogP contribution in [0.15, 0.2) is 26.9 Å². The van der Waals surface area contributed by atoms with Gasteiger partial charge in [0.1, 0.15) is 0 Å². The van der Waals surface area contributed by atoms with Crippen molar-refractivity contribution in [2.24, 2.45) is 4.99 Å². The summed E-state index contributed by atoms with van der Waals surface area (Å²) in [5, 5.41) is 0. The van der Waals surface area contributed by atoms with Gasteiger partial charge in [-0.25, -0.2) is 0 Å². The van der Waals surface area contributed by atoms with Gasteiger partial charge in [0.05, 0.1) is 0 Å². The molecule has 1 saturated heterocycles. The average Bonchev–Trinajstić information content (AvgIpc) is 2.99.